The van der Waals surface area contributed by atoms with Crippen LogP contribution in [0.4, 0.5) is 0 Å². The Morgan fingerprint density at radius 3 is 1.43 bits per heavy atom. The molecule has 2 saturated heterocycles. The lowest BCUT2D eigenvalue weighted by Gasteiger charge is -2.46. The molecule has 4 aromatic rings. The molecule has 0 unspecified atom stereocenters. The summed E-state index contributed by atoms with van der Waals surface area (Å²) in [6, 6.07) is 40.2. The van der Waals surface area contributed by atoms with E-state index in [-0.39, 0.29) is 25.4 Å². The highest BCUT2D eigenvalue weighted by atomic mass is 16.7. The van der Waals surface area contributed by atoms with Crippen LogP contribution in [0.15, 0.2) is 121 Å². The lowest BCUT2D eigenvalue weighted by atomic mass is 9.97. The predicted molar refractivity (Wildman–Crippen MR) is 176 cm³/mol. The molecule has 2 fully saturated rings. The molecule has 0 aromatic heterocycles. The minimum Gasteiger partial charge on any atom is -0.394 e. The highest BCUT2D eigenvalue weighted by Gasteiger charge is 2.49. The Labute approximate surface area is 277 Å². The van der Waals surface area contributed by atoms with Gasteiger partial charge in [0.15, 0.2) is 6.29 Å². The second-order valence-corrected chi connectivity index (χ2v) is 11.9. The first kappa shape index (κ1) is 33.5. The van der Waals surface area contributed by atoms with Crippen LogP contribution in [0.3, 0.4) is 0 Å². The monoisotopic (exact) mass is 640 g/mol. The largest absolute Gasteiger partial charge is 0.394 e. The van der Waals surface area contributed by atoms with Gasteiger partial charge in [0.1, 0.15) is 30.5 Å². The van der Waals surface area contributed by atoms with Gasteiger partial charge < -0.3 is 38.3 Å². The van der Waals surface area contributed by atoms with E-state index in [1.807, 2.05) is 121 Å². The van der Waals surface area contributed by atoms with Crippen LogP contribution in [-0.2, 0) is 59.6 Å². The van der Waals surface area contributed by atoms with Gasteiger partial charge in [0.05, 0.1) is 52.4 Å². The number of rotatable bonds is 18. The van der Waals surface area contributed by atoms with Crippen molar-refractivity contribution in [3.05, 3.63) is 144 Å². The molecule has 4 aromatic carbocycles. The topological polar surface area (TPSA) is 88.1 Å². The minimum atomic E-state index is -0.757. The van der Waals surface area contributed by atoms with Crippen molar-refractivity contribution < 1.29 is 38.3 Å². The Kier molecular flexibility index (Phi) is 12.6. The predicted octanol–water partition coefficient (Wildman–Crippen LogP) is 5.85. The fraction of sp³-hybridized carbons (Fsp3) is 0.385. The number of aliphatic hydroxyl groups is 1. The van der Waals surface area contributed by atoms with Gasteiger partial charge in [0.25, 0.3) is 0 Å². The molecule has 0 radical (unpaired) electrons. The van der Waals surface area contributed by atoms with Crippen molar-refractivity contribution in [2.24, 2.45) is 0 Å². The van der Waals surface area contributed by atoms with Crippen LogP contribution in [0.1, 0.15) is 28.7 Å². The van der Waals surface area contributed by atoms with Gasteiger partial charge in [-0.25, -0.2) is 0 Å². The Bertz CT molecular complexity index is 1420. The molecule has 7 atom stereocenters. The van der Waals surface area contributed by atoms with E-state index in [0.29, 0.717) is 39.5 Å². The molecule has 8 heteroatoms. The molecule has 0 spiro atoms. The Morgan fingerprint density at radius 1 is 0.468 bits per heavy atom. The molecular formula is C39H44O8. The summed E-state index contributed by atoms with van der Waals surface area (Å²) in [7, 11) is 0. The fourth-order valence-corrected chi connectivity index (χ4v) is 5.78. The normalized spacial score (nSPS) is 25.4. The third-order valence-corrected chi connectivity index (χ3v) is 8.39. The second kappa shape index (κ2) is 17.6. The van der Waals surface area contributed by atoms with E-state index >= 15 is 0 Å². The Morgan fingerprint density at radius 2 is 0.936 bits per heavy atom. The van der Waals surface area contributed by atoms with E-state index in [4.69, 9.17) is 33.2 Å². The van der Waals surface area contributed by atoms with Gasteiger partial charge >= 0.3 is 0 Å². The molecule has 248 valence electrons. The van der Waals surface area contributed by atoms with Crippen molar-refractivity contribution in [1.82, 2.24) is 0 Å². The maximum absolute atomic E-state index is 9.44. The van der Waals surface area contributed by atoms with Gasteiger partial charge in [-0.3, -0.25) is 0 Å². The molecule has 0 bridgehead atoms. The molecule has 47 heavy (non-hydrogen) atoms. The van der Waals surface area contributed by atoms with Gasteiger partial charge in [0, 0.05) is 0 Å². The maximum Gasteiger partial charge on any atom is 0.186 e. The van der Waals surface area contributed by atoms with Crippen molar-refractivity contribution in [1.29, 1.82) is 0 Å². The number of ether oxygens (including phenoxy) is 7. The summed E-state index contributed by atoms with van der Waals surface area (Å²) in [5, 5.41) is 9.44. The van der Waals surface area contributed by atoms with Crippen molar-refractivity contribution in [2.75, 3.05) is 19.8 Å². The van der Waals surface area contributed by atoms with Crippen LogP contribution in [0.25, 0.3) is 0 Å². The molecule has 1 N–H and O–H groups in total. The summed E-state index contributed by atoms with van der Waals surface area (Å²) >= 11 is 0. The van der Waals surface area contributed by atoms with E-state index in [2.05, 4.69) is 0 Å². The first-order valence-electron chi connectivity index (χ1n) is 16.4. The third kappa shape index (κ3) is 10.0. The van der Waals surface area contributed by atoms with Gasteiger partial charge in [-0.1, -0.05) is 121 Å². The van der Waals surface area contributed by atoms with Crippen LogP contribution in [-0.4, -0.2) is 67.8 Å². The minimum absolute atomic E-state index is 0.00404. The number of aliphatic hydroxyl groups excluding tert-OH is 1. The zero-order valence-electron chi connectivity index (χ0n) is 26.6. The van der Waals surface area contributed by atoms with E-state index < -0.39 is 30.7 Å². The molecule has 0 saturated carbocycles. The average molecular weight is 641 g/mol. The summed E-state index contributed by atoms with van der Waals surface area (Å²) < 4.78 is 45.0. The van der Waals surface area contributed by atoms with Gasteiger partial charge in [0.2, 0.25) is 0 Å². The third-order valence-electron chi connectivity index (χ3n) is 8.39. The summed E-state index contributed by atoms with van der Waals surface area (Å²) in [5.74, 6) is 0. The molecule has 2 aliphatic rings. The van der Waals surface area contributed by atoms with Crippen molar-refractivity contribution >= 4 is 0 Å². The molecule has 0 aliphatic carbocycles. The first-order valence-corrected chi connectivity index (χ1v) is 16.4. The standard InChI is InChI=1S/C39H44O8/c40-23-34-33(46-34)21-22-42-39-38(45-27-32-19-11-4-12-20-32)37(44-26-31-17-9-3-10-18-31)36(43-25-30-15-7-2-8-16-30)35(47-39)28-41-24-29-13-5-1-6-14-29/h1-20,33-40H,21-28H2/t33-,34-,35+,36+,37-,38-,39-/m0/s1. The van der Waals surface area contributed by atoms with Crippen LogP contribution >= 0.6 is 0 Å². The average Bonchev–Trinajstić information content (AvgIpc) is 3.90. The summed E-state index contributed by atoms with van der Waals surface area (Å²) in [6.45, 7) is 2.15. The summed E-state index contributed by atoms with van der Waals surface area (Å²) in [5.41, 5.74) is 4.18. The first-order chi connectivity index (χ1) is 23.3. The van der Waals surface area contributed by atoms with E-state index in [1.54, 1.807) is 0 Å². The smallest absolute Gasteiger partial charge is 0.186 e. The van der Waals surface area contributed by atoms with E-state index in [9.17, 15) is 5.11 Å². The van der Waals surface area contributed by atoms with Crippen molar-refractivity contribution in [2.45, 2.75) is 75.8 Å². The lowest BCUT2D eigenvalue weighted by Crippen LogP contribution is -2.61. The van der Waals surface area contributed by atoms with Crippen LogP contribution in [0, 0.1) is 0 Å². The zero-order valence-corrected chi connectivity index (χ0v) is 26.6. The highest BCUT2D eigenvalue weighted by Crippen LogP contribution is 2.32. The molecule has 0 amide bonds. The number of hydrogen-bond acceptors (Lipinski definition) is 8. The Balaban J connectivity index is 1.26. The van der Waals surface area contributed by atoms with Gasteiger partial charge in [-0.05, 0) is 28.7 Å². The molecule has 2 aliphatic heterocycles. The molecule has 6 rings (SSSR count). The summed E-state index contributed by atoms with van der Waals surface area (Å²) in [6.07, 6.45) is -2.47. The van der Waals surface area contributed by atoms with Gasteiger partial charge in [-0.2, -0.15) is 0 Å². The highest BCUT2D eigenvalue weighted by molar-refractivity contribution is 5.16. The van der Waals surface area contributed by atoms with Crippen LogP contribution in [0.2, 0.25) is 0 Å². The Hall–Kier alpha value is -3.44. The van der Waals surface area contributed by atoms with Crippen LogP contribution < -0.4 is 0 Å². The number of benzene rings is 4. The molecule has 8 nitrogen and oxygen atoms in total. The lowest BCUT2D eigenvalue weighted by molar-refractivity contribution is -0.328. The quantitative estimate of drug-likeness (QED) is 0.136. The maximum atomic E-state index is 9.44. The number of hydrogen-bond donors (Lipinski definition) is 1. The SMILES string of the molecule is OC[C@@H]1O[C@H]1CCO[C@H]1O[C@H](COCc2ccccc2)[C@@H](OCc2ccccc2)[C@H](OCc2ccccc2)[C@@H]1OCc1ccccc1. The van der Waals surface area contributed by atoms with E-state index in [0.717, 1.165) is 22.3 Å². The summed E-state index contributed by atoms with van der Waals surface area (Å²) in [4.78, 5) is 0. The second-order valence-electron chi connectivity index (χ2n) is 11.9. The molecular weight excluding hydrogens is 596 g/mol. The fourth-order valence-electron chi connectivity index (χ4n) is 5.78. The van der Waals surface area contributed by atoms with E-state index in [1.165, 1.54) is 0 Å². The molecule has 2 heterocycles. The zero-order chi connectivity index (χ0) is 32.1. The van der Waals surface area contributed by atoms with Crippen LogP contribution in [0.5, 0.6) is 0 Å². The van der Waals surface area contributed by atoms with Crippen molar-refractivity contribution in [3.8, 4) is 0 Å². The van der Waals surface area contributed by atoms with Crippen molar-refractivity contribution in [3.63, 3.8) is 0 Å². The number of epoxide rings is 1. The van der Waals surface area contributed by atoms with Gasteiger partial charge in [-0.15, -0.1) is 0 Å².